The Hall–Kier alpha value is -2.19. The van der Waals surface area contributed by atoms with Crippen LogP contribution < -0.4 is 5.32 Å². The molecule has 0 heterocycles. The summed E-state index contributed by atoms with van der Waals surface area (Å²) in [7, 11) is 0. The summed E-state index contributed by atoms with van der Waals surface area (Å²) in [5.41, 5.74) is 0.434. The molecule has 1 amide bonds. The van der Waals surface area contributed by atoms with E-state index < -0.39 is 29.0 Å². The van der Waals surface area contributed by atoms with Gasteiger partial charge in [-0.3, -0.25) is 4.79 Å². The summed E-state index contributed by atoms with van der Waals surface area (Å²) < 4.78 is 0. The number of hydrogen-bond donors (Lipinski definition) is 4. The molecule has 7 unspecified atom stereocenters. The predicted octanol–water partition coefficient (Wildman–Crippen LogP) is 3.44. The molecule has 0 spiro atoms. The van der Waals surface area contributed by atoms with E-state index in [9.17, 15) is 19.8 Å². The highest BCUT2D eigenvalue weighted by Crippen LogP contribution is 2.66. The lowest BCUT2D eigenvalue weighted by molar-refractivity contribution is -0.153. The fraction of sp³-hybridized carbons (Fsp3) is 0.750. The van der Waals surface area contributed by atoms with E-state index in [1.807, 2.05) is 13.0 Å². The highest BCUT2D eigenvalue weighted by Gasteiger charge is 2.62. The van der Waals surface area contributed by atoms with Gasteiger partial charge in [-0.15, -0.1) is 0 Å². The maximum absolute atomic E-state index is 12.1. The third-order valence-corrected chi connectivity index (χ3v) is 10.2. The molecule has 4 rings (SSSR count). The van der Waals surface area contributed by atoms with Crippen molar-refractivity contribution >= 4 is 17.6 Å². The molecular weight excluding hydrogens is 460 g/mol. The maximum Gasteiger partial charge on any atom is 0.333 e. The van der Waals surface area contributed by atoms with E-state index in [0.717, 1.165) is 38.5 Å². The number of allylic oxidation sites excluding steroid dienone is 4. The standard InChI is InChI=1S/C28H42N2O6/c1-25(2,23(32)24(33)34)16-29-22(31)15-36-30-18-8-11-26(3)17(14-18)6-7-19-20(26)9-12-27(4)21(19)10-13-28(27,5)35/h8,11,14,19-21,23,32,35H,6-7,9-10,12-13,15-16H2,1-5H3,(H,29,31)(H,33,34). The summed E-state index contributed by atoms with van der Waals surface area (Å²) in [4.78, 5) is 28.4. The molecular formula is C28H42N2O6. The summed E-state index contributed by atoms with van der Waals surface area (Å²) in [5, 5.41) is 36.6. The molecule has 0 aromatic carbocycles. The highest BCUT2D eigenvalue weighted by molar-refractivity contribution is 6.05. The fourth-order valence-electron chi connectivity index (χ4n) is 7.48. The molecule has 4 N–H and O–H groups in total. The van der Waals surface area contributed by atoms with E-state index in [1.54, 1.807) is 13.8 Å². The van der Waals surface area contributed by atoms with Crippen molar-refractivity contribution in [2.45, 2.75) is 84.8 Å². The van der Waals surface area contributed by atoms with Gasteiger partial charge in [-0.05, 0) is 80.8 Å². The number of rotatable bonds is 7. The van der Waals surface area contributed by atoms with Crippen molar-refractivity contribution in [3.63, 3.8) is 0 Å². The topological polar surface area (TPSA) is 128 Å². The molecule has 36 heavy (non-hydrogen) atoms. The first-order chi connectivity index (χ1) is 16.7. The Labute approximate surface area is 213 Å². The van der Waals surface area contributed by atoms with Crippen molar-refractivity contribution < 1.29 is 29.7 Å². The van der Waals surface area contributed by atoms with Gasteiger partial charge in [-0.1, -0.05) is 44.5 Å². The van der Waals surface area contributed by atoms with E-state index in [4.69, 9.17) is 9.94 Å². The van der Waals surface area contributed by atoms with Crippen LogP contribution in [-0.2, 0) is 14.4 Å². The monoisotopic (exact) mass is 502 g/mol. The van der Waals surface area contributed by atoms with Gasteiger partial charge in [-0.25, -0.2) is 4.79 Å². The van der Waals surface area contributed by atoms with Crippen LogP contribution in [0.5, 0.6) is 0 Å². The van der Waals surface area contributed by atoms with Crippen LogP contribution in [0.15, 0.2) is 29.0 Å². The Balaban J connectivity index is 1.35. The molecule has 3 saturated carbocycles. The molecule has 200 valence electrons. The third-order valence-electron chi connectivity index (χ3n) is 10.2. The molecule has 0 aromatic rings. The zero-order valence-corrected chi connectivity index (χ0v) is 22.2. The molecule has 3 fully saturated rings. The number of aliphatic carboxylic acids is 1. The van der Waals surface area contributed by atoms with Crippen LogP contribution in [0.4, 0.5) is 0 Å². The minimum atomic E-state index is -1.58. The van der Waals surface area contributed by atoms with Crippen LogP contribution in [0.2, 0.25) is 0 Å². The summed E-state index contributed by atoms with van der Waals surface area (Å²) in [6.07, 6.45) is 11.1. The summed E-state index contributed by atoms with van der Waals surface area (Å²) in [5.74, 6) is -0.0187. The van der Waals surface area contributed by atoms with Crippen LogP contribution in [-0.4, -0.2) is 57.8 Å². The van der Waals surface area contributed by atoms with Crippen LogP contribution in [0.1, 0.15) is 73.1 Å². The number of oxime groups is 1. The normalized spacial score (nSPS) is 39.5. The number of carbonyl (C=O) groups excluding carboxylic acids is 1. The number of carbonyl (C=O) groups is 2. The smallest absolute Gasteiger partial charge is 0.333 e. The van der Waals surface area contributed by atoms with Crippen molar-refractivity contribution in [2.75, 3.05) is 13.2 Å². The first-order valence-electron chi connectivity index (χ1n) is 13.2. The molecule has 0 aliphatic heterocycles. The van der Waals surface area contributed by atoms with Crippen molar-refractivity contribution in [1.29, 1.82) is 0 Å². The number of hydrogen-bond acceptors (Lipinski definition) is 6. The van der Waals surface area contributed by atoms with Crippen molar-refractivity contribution in [3.05, 3.63) is 23.8 Å². The molecule has 8 heteroatoms. The van der Waals surface area contributed by atoms with Gasteiger partial charge in [-0.2, -0.15) is 0 Å². The van der Waals surface area contributed by atoms with E-state index in [-0.39, 0.29) is 24.0 Å². The lowest BCUT2D eigenvalue weighted by Crippen LogP contribution is -2.53. The van der Waals surface area contributed by atoms with Gasteiger partial charge in [0.05, 0.1) is 5.60 Å². The molecule has 8 nitrogen and oxygen atoms in total. The molecule has 0 radical (unpaired) electrons. The number of aliphatic hydroxyl groups excluding tert-OH is 1. The Bertz CT molecular complexity index is 998. The average Bonchev–Trinajstić information content (AvgIpc) is 3.06. The number of amides is 1. The van der Waals surface area contributed by atoms with Crippen LogP contribution in [0, 0.1) is 34.0 Å². The number of fused-ring (bicyclic) bond motifs is 5. The SMILES string of the molecule is CC(C)(CNC(=O)CON=C1C=CC2(C)C(=C1)CCC1C2CCC2(C)C1CCC2(C)O)C(O)C(=O)O. The van der Waals surface area contributed by atoms with Crippen LogP contribution in [0.25, 0.3) is 0 Å². The number of nitrogens with zero attached hydrogens (tertiary/aromatic N) is 1. The minimum Gasteiger partial charge on any atom is -0.479 e. The molecule has 0 saturated heterocycles. The second-order valence-electron chi connectivity index (χ2n) is 12.8. The first-order valence-corrected chi connectivity index (χ1v) is 13.2. The number of nitrogens with one attached hydrogen (secondary N) is 1. The number of aliphatic hydroxyl groups is 2. The predicted molar refractivity (Wildman–Crippen MR) is 136 cm³/mol. The third kappa shape index (κ3) is 4.51. The molecule has 0 bridgehead atoms. The quantitative estimate of drug-likeness (QED) is 0.395. The van der Waals surface area contributed by atoms with E-state index >= 15 is 0 Å². The second kappa shape index (κ2) is 9.28. The molecule has 0 aromatic heterocycles. The van der Waals surface area contributed by atoms with Crippen LogP contribution in [0.3, 0.4) is 0 Å². The van der Waals surface area contributed by atoms with Gasteiger partial charge >= 0.3 is 5.97 Å². The summed E-state index contributed by atoms with van der Waals surface area (Å²) in [6, 6.07) is 0. The lowest BCUT2D eigenvalue weighted by atomic mass is 9.47. The van der Waals surface area contributed by atoms with Crippen molar-refractivity contribution in [1.82, 2.24) is 5.32 Å². The largest absolute Gasteiger partial charge is 0.479 e. The fourth-order valence-corrected chi connectivity index (χ4v) is 7.48. The van der Waals surface area contributed by atoms with Gasteiger partial charge < -0.3 is 25.5 Å². The zero-order chi connectivity index (χ0) is 26.5. The minimum absolute atomic E-state index is 0.000429. The summed E-state index contributed by atoms with van der Waals surface area (Å²) in [6.45, 7) is 9.52. The number of carboxylic acids is 1. The maximum atomic E-state index is 12.1. The zero-order valence-electron chi connectivity index (χ0n) is 22.2. The van der Waals surface area contributed by atoms with E-state index in [0.29, 0.717) is 23.5 Å². The van der Waals surface area contributed by atoms with Crippen molar-refractivity contribution in [3.8, 4) is 0 Å². The van der Waals surface area contributed by atoms with Gasteiger partial charge in [0.2, 0.25) is 0 Å². The average molecular weight is 503 g/mol. The lowest BCUT2D eigenvalue weighted by Gasteiger charge is -2.58. The molecule has 4 aliphatic carbocycles. The van der Waals surface area contributed by atoms with E-state index in [2.05, 4.69) is 36.5 Å². The van der Waals surface area contributed by atoms with Gasteiger partial charge in [0.25, 0.3) is 5.91 Å². The second-order valence-corrected chi connectivity index (χ2v) is 12.8. The Kier molecular flexibility index (Phi) is 6.92. The first kappa shape index (κ1) is 26.9. The van der Waals surface area contributed by atoms with Crippen LogP contribution >= 0.6 is 0 Å². The Morgan fingerprint density at radius 3 is 2.58 bits per heavy atom. The molecule has 4 aliphatic rings. The van der Waals surface area contributed by atoms with Gasteiger partial charge in [0.1, 0.15) is 5.71 Å². The summed E-state index contributed by atoms with van der Waals surface area (Å²) >= 11 is 0. The number of carboxylic acid groups (broad SMARTS) is 1. The van der Waals surface area contributed by atoms with Gasteiger partial charge in [0.15, 0.2) is 12.7 Å². The Morgan fingerprint density at radius 1 is 1.19 bits per heavy atom. The Morgan fingerprint density at radius 2 is 1.89 bits per heavy atom. The molecule has 7 atom stereocenters. The van der Waals surface area contributed by atoms with E-state index in [1.165, 1.54) is 5.57 Å². The van der Waals surface area contributed by atoms with Gasteiger partial charge in [0, 0.05) is 17.4 Å². The van der Waals surface area contributed by atoms with Crippen molar-refractivity contribution in [2.24, 2.45) is 39.2 Å². The highest BCUT2D eigenvalue weighted by atomic mass is 16.6.